The fourth-order valence-electron chi connectivity index (χ4n) is 2.66. The number of benzene rings is 2. The number of phenols is 1. The number of rotatable bonds is 8. The van der Waals surface area contributed by atoms with Gasteiger partial charge in [0.1, 0.15) is 28.2 Å². The molecule has 0 saturated carbocycles. The number of fused-ring (bicyclic) bond motifs is 1. The van der Waals surface area contributed by atoms with Crippen LogP contribution >= 0.6 is 11.8 Å². The van der Waals surface area contributed by atoms with Crippen LogP contribution < -0.4 is 14.9 Å². The van der Waals surface area contributed by atoms with Gasteiger partial charge in [-0.25, -0.2) is 0 Å². The lowest BCUT2D eigenvalue weighted by atomic mass is 10.2. The van der Waals surface area contributed by atoms with Crippen LogP contribution in [-0.2, 0) is 0 Å². The van der Waals surface area contributed by atoms with E-state index in [0.29, 0.717) is 27.6 Å². The molecule has 0 fully saturated rings. The molecular formula is C23H26O5S. The van der Waals surface area contributed by atoms with Crippen molar-refractivity contribution in [2.45, 2.75) is 62.7 Å². The highest BCUT2D eigenvalue weighted by molar-refractivity contribution is 7.99. The third-order valence-electron chi connectivity index (χ3n) is 4.62. The third-order valence-corrected chi connectivity index (χ3v) is 5.53. The number of phenolic OH excluding ortho intramolecular Hbond substituents is 1. The van der Waals surface area contributed by atoms with Crippen molar-refractivity contribution in [1.29, 1.82) is 0 Å². The third kappa shape index (κ3) is 5.26. The van der Waals surface area contributed by atoms with E-state index in [9.17, 15) is 9.90 Å². The van der Waals surface area contributed by atoms with Crippen LogP contribution in [0.4, 0.5) is 0 Å². The Morgan fingerprint density at radius 3 is 2.31 bits per heavy atom. The van der Waals surface area contributed by atoms with Crippen LogP contribution in [0.15, 0.2) is 61.7 Å². The molecule has 3 rings (SSSR count). The molecular weight excluding hydrogens is 388 g/mol. The second-order valence-corrected chi connectivity index (χ2v) is 8.07. The standard InChI is InChI=1S/C23H26O5S/c1-5-14(3)26-17-11-20(27-15(4)6-2)23-19(25)13-22(28-21(23)12-17)29-18-9-7-16(24)8-10-18/h7-15,24H,5-6H2,1-4H3. The van der Waals surface area contributed by atoms with Gasteiger partial charge in [0.2, 0.25) is 0 Å². The second-order valence-electron chi connectivity index (χ2n) is 6.99. The topological polar surface area (TPSA) is 68.9 Å². The molecule has 5 nitrogen and oxygen atoms in total. The van der Waals surface area contributed by atoms with E-state index in [4.69, 9.17) is 13.9 Å². The Morgan fingerprint density at radius 2 is 1.66 bits per heavy atom. The van der Waals surface area contributed by atoms with Gasteiger partial charge in [0.15, 0.2) is 10.5 Å². The Labute approximate surface area is 174 Å². The number of aromatic hydroxyl groups is 1. The summed E-state index contributed by atoms with van der Waals surface area (Å²) in [6.07, 6.45) is 1.67. The number of ether oxygens (including phenoxy) is 2. The zero-order valence-corrected chi connectivity index (χ0v) is 17.9. The predicted octanol–water partition coefficient (Wildman–Crippen LogP) is 6.00. The van der Waals surface area contributed by atoms with Crippen LogP contribution in [0, 0.1) is 0 Å². The molecule has 154 valence electrons. The van der Waals surface area contributed by atoms with Gasteiger partial charge in [0.25, 0.3) is 0 Å². The van der Waals surface area contributed by atoms with E-state index < -0.39 is 0 Å². The van der Waals surface area contributed by atoms with Gasteiger partial charge in [0, 0.05) is 23.1 Å². The number of hydrogen-bond acceptors (Lipinski definition) is 6. The van der Waals surface area contributed by atoms with Crippen molar-refractivity contribution in [2.24, 2.45) is 0 Å². The molecule has 6 heteroatoms. The molecule has 0 radical (unpaired) electrons. The molecule has 1 heterocycles. The quantitative estimate of drug-likeness (QED) is 0.487. The highest BCUT2D eigenvalue weighted by Crippen LogP contribution is 2.35. The molecule has 3 aromatic rings. The Hall–Kier alpha value is -2.60. The minimum Gasteiger partial charge on any atom is -0.508 e. The molecule has 0 aliphatic rings. The lowest BCUT2D eigenvalue weighted by Crippen LogP contribution is -2.14. The van der Waals surface area contributed by atoms with E-state index in [2.05, 4.69) is 6.92 Å². The van der Waals surface area contributed by atoms with Crippen LogP contribution in [0.25, 0.3) is 11.0 Å². The van der Waals surface area contributed by atoms with Crippen molar-refractivity contribution in [3.05, 3.63) is 52.7 Å². The molecule has 2 unspecified atom stereocenters. The lowest BCUT2D eigenvalue weighted by molar-refractivity contribution is 0.206. The Balaban J connectivity index is 2.06. The summed E-state index contributed by atoms with van der Waals surface area (Å²) in [6.45, 7) is 8.04. The molecule has 0 saturated heterocycles. The maximum atomic E-state index is 12.9. The molecule has 2 atom stereocenters. The van der Waals surface area contributed by atoms with Gasteiger partial charge in [-0.1, -0.05) is 25.6 Å². The smallest absolute Gasteiger partial charge is 0.197 e. The van der Waals surface area contributed by atoms with E-state index >= 15 is 0 Å². The van der Waals surface area contributed by atoms with Crippen LogP contribution in [0.2, 0.25) is 0 Å². The zero-order chi connectivity index (χ0) is 21.0. The average molecular weight is 415 g/mol. The zero-order valence-electron chi connectivity index (χ0n) is 17.1. The van der Waals surface area contributed by atoms with Gasteiger partial charge in [-0.05, 0) is 51.0 Å². The Kier molecular flexibility index (Phi) is 6.75. The Bertz CT molecular complexity index is 1030. The van der Waals surface area contributed by atoms with Gasteiger partial charge < -0.3 is 19.0 Å². The van der Waals surface area contributed by atoms with E-state index in [-0.39, 0.29) is 23.4 Å². The highest BCUT2D eigenvalue weighted by atomic mass is 32.2. The molecule has 0 aliphatic carbocycles. The molecule has 0 aliphatic heterocycles. The van der Waals surface area contributed by atoms with Crippen molar-refractivity contribution in [3.8, 4) is 17.2 Å². The second kappa shape index (κ2) is 9.27. The molecule has 2 aromatic carbocycles. The van der Waals surface area contributed by atoms with Gasteiger partial charge in [-0.3, -0.25) is 4.79 Å². The van der Waals surface area contributed by atoms with Gasteiger partial charge in [-0.15, -0.1) is 0 Å². The SMILES string of the molecule is CCC(C)Oc1cc(OC(C)CC)c2c(=O)cc(Sc3ccc(O)cc3)oc2c1. The van der Waals surface area contributed by atoms with Gasteiger partial charge >= 0.3 is 0 Å². The van der Waals surface area contributed by atoms with E-state index in [1.165, 1.54) is 17.8 Å². The maximum Gasteiger partial charge on any atom is 0.197 e. The normalized spacial score (nSPS) is 13.2. The van der Waals surface area contributed by atoms with Crippen molar-refractivity contribution in [3.63, 3.8) is 0 Å². The fourth-order valence-corrected chi connectivity index (χ4v) is 3.47. The van der Waals surface area contributed by atoms with Crippen LogP contribution in [0.1, 0.15) is 40.5 Å². The molecule has 1 aromatic heterocycles. The molecule has 0 amide bonds. The fraction of sp³-hybridized carbons (Fsp3) is 0.348. The van der Waals surface area contributed by atoms with Crippen LogP contribution in [0.5, 0.6) is 17.2 Å². The van der Waals surface area contributed by atoms with Crippen LogP contribution in [0.3, 0.4) is 0 Å². The number of hydrogen-bond donors (Lipinski definition) is 1. The average Bonchev–Trinajstić information content (AvgIpc) is 2.69. The summed E-state index contributed by atoms with van der Waals surface area (Å²) in [6, 6.07) is 11.7. The van der Waals surface area contributed by atoms with Gasteiger partial charge in [0.05, 0.1) is 12.2 Å². The molecule has 29 heavy (non-hydrogen) atoms. The molecule has 0 spiro atoms. The summed E-state index contributed by atoms with van der Waals surface area (Å²) >= 11 is 1.31. The summed E-state index contributed by atoms with van der Waals surface area (Å²) < 4.78 is 18.0. The first-order valence-electron chi connectivity index (χ1n) is 9.81. The molecule has 1 N–H and O–H groups in total. The summed E-state index contributed by atoms with van der Waals surface area (Å²) in [4.78, 5) is 13.7. The predicted molar refractivity (Wildman–Crippen MR) is 115 cm³/mol. The van der Waals surface area contributed by atoms with Crippen molar-refractivity contribution in [2.75, 3.05) is 0 Å². The van der Waals surface area contributed by atoms with Crippen molar-refractivity contribution >= 4 is 22.7 Å². The van der Waals surface area contributed by atoms with Gasteiger partial charge in [-0.2, -0.15) is 0 Å². The monoisotopic (exact) mass is 414 g/mol. The van der Waals surface area contributed by atoms with Crippen molar-refractivity contribution < 1.29 is 19.0 Å². The summed E-state index contributed by atoms with van der Waals surface area (Å²) in [5.41, 5.74) is 0.263. The Morgan fingerprint density at radius 1 is 1.00 bits per heavy atom. The first-order valence-corrected chi connectivity index (χ1v) is 10.6. The summed E-state index contributed by atoms with van der Waals surface area (Å²) in [7, 11) is 0. The first kappa shape index (κ1) is 21.1. The van der Waals surface area contributed by atoms with E-state index in [1.807, 2.05) is 20.8 Å². The summed E-state index contributed by atoms with van der Waals surface area (Å²) in [5, 5.41) is 10.3. The van der Waals surface area contributed by atoms with E-state index in [1.54, 1.807) is 36.4 Å². The first-order chi connectivity index (χ1) is 13.9. The maximum absolute atomic E-state index is 12.9. The summed E-state index contributed by atoms with van der Waals surface area (Å²) in [5.74, 6) is 1.28. The van der Waals surface area contributed by atoms with Crippen LogP contribution in [-0.4, -0.2) is 17.3 Å². The largest absolute Gasteiger partial charge is 0.508 e. The van der Waals surface area contributed by atoms with E-state index in [0.717, 1.165) is 17.7 Å². The van der Waals surface area contributed by atoms with Crippen molar-refractivity contribution in [1.82, 2.24) is 0 Å². The lowest BCUT2D eigenvalue weighted by Gasteiger charge is -2.18. The minimum absolute atomic E-state index is 0.0326. The minimum atomic E-state index is -0.166. The highest BCUT2D eigenvalue weighted by Gasteiger charge is 2.16. The molecule has 0 bridgehead atoms.